The normalized spacial score (nSPS) is 11.9. The van der Waals surface area contributed by atoms with Gasteiger partial charge in [0.25, 0.3) is 0 Å². The Labute approximate surface area is 162 Å². The molecule has 0 saturated carbocycles. The zero-order valence-electron chi connectivity index (χ0n) is 16.0. The smallest absolute Gasteiger partial charge is 0.327 e. The van der Waals surface area contributed by atoms with E-state index in [2.05, 4.69) is 15.0 Å². The van der Waals surface area contributed by atoms with Gasteiger partial charge in [-0.25, -0.2) is 8.78 Å². The minimum absolute atomic E-state index is 0.108. The molecule has 148 valence electrons. The summed E-state index contributed by atoms with van der Waals surface area (Å²) in [7, 11) is 2.66. The summed E-state index contributed by atoms with van der Waals surface area (Å²) >= 11 is 0. The third-order valence-corrected chi connectivity index (χ3v) is 3.84. The molecule has 0 aliphatic carbocycles. The highest BCUT2D eigenvalue weighted by Gasteiger charge is 2.12. The van der Waals surface area contributed by atoms with Crippen molar-refractivity contribution in [1.29, 1.82) is 0 Å². The van der Waals surface area contributed by atoms with Crippen molar-refractivity contribution in [2.45, 2.75) is 13.3 Å². The second-order valence-corrected chi connectivity index (χ2v) is 5.75. The largest absolute Gasteiger partial charge is 0.494 e. The van der Waals surface area contributed by atoms with Crippen molar-refractivity contribution in [3.05, 3.63) is 71.3 Å². The highest BCUT2D eigenvalue weighted by molar-refractivity contribution is 6.04. The van der Waals surface area contributed by atoms with E-state index < -0.39 is 11.8 Å². The van der Waals surface area contributed by atoms with Crippen molar-refractivity contribution >= 4 is 17.5 Å². The fraction of sp³-hybridized carbons (Fsp3) is 0.238. The number of hydrogen-bond donors (Lipinski definition) is 1. The first-order chi connectivity index (χ1) is 13.5. The molecule has 0 fully saturated rings. The fourth-order valence-corrected chi connectivity index (χ4v) is 2.42. The quantitative estimate of drug-likeness (QED) is 0.444. The Bertz CT molecular complexity index is 878. The van der Waals surface area contributed by atoms with E-state index in [1.165, 1.54) is 32.4 Å². The lowest BCUT2D eigenvalue weighted by Crippen LogP contribution is -2.25. The number of halogens is 2. The van der Waals surface area contributed by atoms with E-state index >= 15 is 0 Å². The molecule has 0 aliphatic heterocycles. The summed E-state index contributed by atoms with van der Waals surface area (Å²) in [5.41, 5.74) is 1.91. The van der Waals surface area contributed by atoms with Gasteiger partial charge in [-0.1, -0.05) is 13.0 Å². The summed E-state index contributed by atoms with van der Waals surface area (Å²) in [5, 5.41) is 3.16. The van der Waals surface area contributed by atoms with E-state index in [4.69, 9.17) is 4.74 Å². The number of benzene rings is 2. The molecule has 0 bridgehead atoms. The summed E-state index contributed by atoms with van der Waals surface area (Å²) in [5.74, 6) is -0.903. The molecule has 0 radical (unpaired) electrons. The zero-order chi connectivity index (χ0) is 20.5. The number of rotatable bonds is 7. The van der Waals surface area contributed by atoms with E-state index in [9.17, 15) is 13.6 Å². The van der Waals surface area contributed by atoms with Crippen LogP contribution in [0.5, 0.6) is 5.75 Å². The number of hydrogen-bond acceptors (Lipinski definition) is 4. The van der Waals surface area contributed by atoms with Crippen LogP contribution in [0.15, 0.2) is 53.5 Å². The first-order valence-electron chi connectivity index (χ1n) is 8.66. The summed E-state index contributed by atoms with van der Waals surface area (Å²) in [4.78, 5) is 15.8. The van der Waals surface area contributed by atoms with Crippen LogP contribution in [0.3, 0.4) is 0 Å². The number of methoxy groups -OCH3 is 2. The second kappa shape index (κ2) is 10.2. The van der Waals surface area contributed by atoms with Gasteiger partial charge in [0.2, 0.25) is 0 Å². The Balaban J connectivity index is 2.42. The van der Waals surface area contributed by atoms with Crippen molar-refractivity contribution in [2.24, 2.45) is 4.99 Å². The van der Waals surface area contributed by atoms with Gasteiger partial charge in [-0.05, 0) is 48.9 Å². The van der Waals surface area contributed by atoms with Crippen LogP contribution in [0.25, 0.3) is 5.70 Å². The Hall–Kier alpha value is -3.22. The predicted molar refractivity (Wildman–Crippen MR) is 104 cm³/mol. The molecule has 28 heavy (non-hydrogen) atoms. The number of aliphatic imine (C=N–C) groups is 1. The average molecular weight is 388 g/mol. The third-order valence-electron chi connectivity index (χ3n) is 3.84. The summed E-state index contributed by atoms with van der Waals surface area (Å²) < 4.78 is 36.7. The van der Waals surface area contributed by atoms with Gasteiger partial charge >= 0.3 is 5.97 Å². The highest BCUT2D eigenvalue weighted by atomic mass is 19.1. The Kier molecular flexibility index (Phi) is 7.68. The molecule has 0 aliphatic rings. The summed E-state index contributed by atoms with van der Waals surface area (Å²) in [6.07, 6.45) is 2.58. The van der Waals surface area contributed by atoms with Crippen LogP contribution in [0, 0.1) is 11.6 Å². The fourth-order valence-electron chi connectivity index (χ4n) is 2.42. The second-order valence-electron chi connectivity index (χ2n) is 5.75. The maximum Gasteiger partial charge on any atom is 0.327 e. The van der Waals surface area contributed by atoms with E-state index in [-0.39, 0.29) is 18.1 Å². The molecule has 2 aromatic rings. The number of carbonyl (C=O) groups is 1. The van der Waals surface area contributed by atoms with E-state index in [0.29, 0.717) is 29.1 Å². The van der Waals surface area contributed by atoms with Crippen molar-refractivity contribution in [3.63, 3.8) is 0 Å². The molecule has 2 rings (SSSR count). The average Bonchev–Trinajstić information content (AvgIpc) is 2.71. The van der Waals surface area contributed by atoms with Gasteiger partial charge in [0, 0.05) is 16.8 Å². The zero-order valence-corrected chi connectivity index (χ0v) is 16.0. The molecular formula is C21H22F2N2O3. The van der Waals surface area contributed by atoms with Crippen LogP contribution in [0.1, 0.15) is 24.5 Å². The molecule has 7 heteroatoms. The van der Waals surface area contributed by atoms with Crippen molar-refractivity contribution in [1.82, 2.24) is 5.32 Å². The first-order valence-corrected chi connectivity index (χ1v) is 8.66. The standard InChI is InChI=1S/C21H22F2N2O3/c1-4-5-18(15-8-11-17(23)19(12-15)27-2)25-21(24-13-20(26)28-3)14-6-9-16(22)10-7-14/h5-12H,4,13H2,1-3H3,(H,24,25). The van der Waals surface area contributed by atoms with Crippen LogP contribution in [0.2, 0.25) is 0 Å². The monoisotopic (exact) mass is 388 g/mol. The van der Waals surface area contributed by atoms with Gasteiger partial charge in [-0.3, -0.25) is 9.79 Å². The Morgan fingerprint density at radius 1 is 1.11 bits per heavy atom. The minimum atomic E-state index is -0.508. The van der Waals surface area contributed by atoms with Crippen molar-refractivity contribution in [2.75, 3.05) is 20.8 Å². The van der Waals surface area contributed by atoms with Gasteiger partial charge in [-0.15, -0.1) is 0 Å². The summed E-state index contributed by atoms with van der Waals surface area (Å²) in [6, 6.07) is 10.2. The number of esters is 1. The van der Waals surface area contributed by atoms with Gasteiger partial charge in [0.1, 0.15) is 18.2 Å². The Morgan fingerprint density at radius 2 is 1.79 bits per heavy atom. The predicted octanol–water partition coefficient (Wildman–Crippen LogP) is 3.93. The van der Waals surface area contributed by atoms with Crippen LogP contribution in [0.4, 0.5) is 8.78 Å². The molecule has 0 saturated heterocycles. The first kappa shape index (κ1) is 21.1. The molecule has 0 heterocycles. The number of nitrogens with zero attached hydrogens (tertiary/aromatic N) is 1. The molecule has 1 N–H and O–H groups in total. The Morgan fingerprint density at radius 3 is 2.39 bits per heavy atom. The van der Waals surface area contributed by atoms with Crippen LogP contribution < -0.4 is 10.1 Å². The van der Waals surface area contributed by atoms with Crippen molar-refractivity contribution in [3.8, 4) is 5.75 Å². The molecule has 0 amide bonds. The van der Waals surface area contributed by atoms with Gasteiger partial charge in [0.15, 0.2) is 11.6 Å². The number of ether oxygens (including phenoxy) is 2. The summed E-state index contributed by atoms with van der Waals surface area (Å²) in [6.45, 7) is 1.74. The molecule has 0 spiro atoms. The lowest BCUT2D eigenvalue weighted by Gasteiger charge is -2.15. The van der Waals surface area contributed by atoms with E-state index in [1.54, 1.807) is 24.3 Å². The molecule has 5 nitrogen and oxygen atoms in total. The van der Waals surface area contributed by atoms with Gasteiger partial charge in [-0.2, -0.15) is 0 Å². The molecule has 0 atom stereocenters. The number of amidine groups is 1. The van der Waals surface area contributed by atoms with Gasteiger partial charge < -0.3 is 14.8 Å². The van der Waals surface area contributed by atoms with E-state index in [0.717, 1.165) is 0 Å². The van der Waals surface area contributed by atoms with Crippen LogP contribution >= 0.6 is 0 Å². The lowest BCUT2D eigenvalue weighted by molar-refractivity contribution is -0.138. The van der Waals surface area contributed by atoms with Crippen LogP contribution in [-0.2, 0) is 9.53 Å². The maximum atomic E-state index is 13.8. The molecular weight excluding hydrogens is 366 g/mol. The number of carbonyl (C=O) groups excluding carboxylic acids is 1. The molecule has 0 aromatic heterocycles. The van der Waals surface area contributed by atoms with Crippen LogP contribution in [-0.4, -0.2) is 32.6 Å². The maximum absolute atomic E-state index is 13.8. The minimum Gasteiger partial charge on any atom is -0.494 e. The number of allylic oxidation sites excluding steroid dienone is 1. The molecule has 0 unspecified atom stereocenters. The van der Waals surface area contributed by atoms with E-state index in [1.807, 2.05) is 13.0 Å². The van der Waals surface area contributed by atoms with Gasteiger partial charge in [0.05, 0.1) is 14.2 Å². The number of nitrogens with one attached hydrogen (secondary N) is 1. The topological polar surface area (TPSA) is 59.9 Å². The highest BCUT2D eigenvalue weighted by Crippen LogP contribution is 2.23. The lowest BCUT2D eigenvalue weighted by atomic mass is 10.1. The van der Waals surface area contributed by atoms with Crippen molar-refractivity contribution < 1.29 is 23.0 Å². The SMILES string of the molecule is CCC=C(NC(=NCC(=O)OC)c1ccc(F)cc1)c1ccc(F)c(OC)c1. The third kappa shape index (κ3) is 5.64. The molecule has 2 aromatic carbocycles.